The molecule has 2 aromatic rings. The van der Waals surface area contributed by atoms with Crippen molar-refractivity contribution in [1.82, 2.24) is 14.8 Å². The Kier molecular flexibility index (Phi) is 11.6. The van der Waals surface area contributed by atoms with E-state index in [4.69, 9.17) is 15.3 Å². The number of rotatable bonds is 12. The minimum Gasteiger partial charge on any atom is -0.502 e. The highest BCUT2D eigenvalue weighted by molar-refractivity contribution is 8.18. The molecular weight excluding hydrogens is 602 g/mol. The van der Waals surface area contributed by atoms with Crippen LogP contribution in [0.5, 0.6) is 17.2 Å². The number of hydrogen-bond acceptors (Lipinski definition) is 10. The second kappa shape index (κ2) is 14.9. The molecule has 1 heterocycles. The lowest BCUT2D eigenvalue weighted by Crippen LogP contribution is -2.56. The number of aldehydes is 1. The fourth-order valence-electron chi connectivity index (χ4n) is 4.56. The molecule has 1 aliphatic heterocycles. The van der Waals surface area contributed by atoms with Crippen molar-refractivity contribution in [2.24, 2.45) is 10.8 Å². The molecule has 1 fully saturated rings. The summed E-state index contributed by atoms with van der Waals surface area (Å²) in [7, 11) is 2.76. The smallest absolute Gasteiger partial charge is 0.407 e. The molecule has 0 saturated carbocycles. The molecule has 0 aliphatic carbocycles. The summed E-state index contributed by atoms with van der Waals surface area (Å²) in [4.78, 5) is 58.8. The van der Waals surface area contributed by atoms with Gasteiger partial charge in [-0.2, -0.15) is 0 Å². The molecule has 0 radical (unpaired) electrons. The van der Waals surface area contributed by atoms with E-state index in [1.54, 1.807) is 51.1 Å². The Balaban J connectivity index is 2.12. The van der Waals surface area contributed by atoms with Gasteiger partial charge in [0.15, 0.2) is 16.7 Å². The summed E-state index contributed by atoms with van der Waals surface area (Å²) in [6.45, 7) is 6.79. The van der Waals surface area contributed by atoms with E-state index in [1.165, 1.54) is 43.1 Å². The SMILES string of the molecule is COc1cc(/C=C2\SC(=Nc3ccccc3)N([C@@H](CCCN(C(=O)O)C(C)(C)C)C(=O)N(N)[C@@H](C)C=O)C2=O)cc(OC)c1O. The zero-order valence-electron chi connectivity index (χ0n) is 26.1. The number of ether oxygens (including phenoxy) is 2. The molecule has 3 amide bonds. The number of carboxylic acid groups (broad SMARTS) is 1. The van der Waals surface area contributed by atoms with Crippen molar-refractivity contribution in [3.05, 3.63) is 52.9 Å². The van der Waals surface area contributed by atoms with Gasteiger partial charge in [0, 0.05) is 12.1 Å². The Bertz CT molecular complexity index is 1450. The maximum absolute atomic E-state index is 14.1. The number of thioether (sulfide) groups is 1. The fourth-order valence-corrected chi connectivity index (χ4v) is 5.60. The third-order valence-corrected chi connectivity index (χ3v) is 7.99. The van der Waals surface area contributed by atoms with E-state index in [1.807, 2.05) is 6.07 Å². The summed E-state index contributed by atoms with van der Waals surface area (Å²) in [5, 5.41) is 21.1. The lowest BCUT2D eigenvalue weighted by molar-refractivity contribution is -0.143. The molecule has 2 atom stereocenters. The van der Waals surface area contributed by atoms with Crippen LogP contribution in [0.3, 0.4) is 0 Å². The average molecular weight is 642 g/mol. The molecule has 4 N–H and O–H groups in total. The number of carbonyl (C=O) groups excluding carboxylic acids is 3. The predicted octanol–water partition coefficient (Wildman–Crippen LogP) is 4.23. The van der Waals surface area contributed by atoms with Crippen molar-refractivity contribution in [2.45, 2.75) is 58.2 Å². The van der Waals surface area contributed by atoms with Gasteiger partial charge in [0.25, 0.3) is 11.8 Å². The second-order valence-corrected chi connectivity index (χ2v) is 12.2. The highest BCUT2D eigenvalue weighted by Gasteiger charge is 2.43. The van der Waals surface area contributed by atoms with E-state index in [-0.39, 0.29) is 46.7 Å². The van der Waals surface area contributed by atoms with Crippen LogP contribution in [0, 0.1) is 0 Å². The standard InChI is InChI=1S/C31H39N5O8S/c1-19(18-37)36(32)27(39)22(13-10-14-34(30(41)42)31(2,3)4)35-28(40)25(45-29(35)33-21-11-8-7-9-12-21)17-20-15-23(43-5)26(38)24(16-20)44-6/h7-9,11-12,15-19,22,38H,10,13-14,32H2,1-6H3,(H,41,42)/b25-17-,33-29?/t19-,22-/m0/s1. The van der Waals surface area contributed by atoms with Crippen LogP contribution in [0.1, 0.15) is 46.1 Å². The van der Waals surface area contributed by atoms with Crippen molar-refractivity contribution in [1.29, 1.82) is 0 Å². The first-order valence-corrected chi connectivity index (χ1v) is 14.9. The second-order valence-electron chi connectivity index (χ2n) is 11.2. The van der Waals surface area contributed by atoms with Crippen LogP contribution in [0.4, 0.5) is 10.5 Å². The first-order valence-electron chi connectivity index (χ1n) is 14.1. The van der Waals surface area contributed by atoms with Crippen molar-refractivity contribution < 1.29 is 38.9 Å². The number of carbonyl (C=O) groups is 4. The molecule has 45 heavy (non-hydrogen) atoms. The number of amides is 3. The quantitative estimate of drug-likeness (QED) is 0.1000. The summed E-state index contributed by atoms with van der Waals surface area (Å²) in [6.07, 6.45) is 1.16. The number of nitrogens with zero attached hydrogens (tertiary/aromatic N) is 4. The first-order chi connectivity index (χ1) is 21.2. The zero-order chi connectivity index (χ0) is 33.5. The number of hydrazine groups is 1. The van der Waals surface area contributed by atoms with Gasteiger partial charge >= 0.3 is 6.09 Å². The Hall–Kier alpha value is -4.56. The summed E-state index contributed by atoms with van der Waals surface area (Å²) in [5.41, 5.74) is 0.283. The van der Waals surface area contributed by atoms with Crippen LogP contribution in [-0.2, 0) is 14.4 Å². The number of methoxy groups -OCH3 is 2. The lowest BCUT2D eigenvalue weighted by Gasteiger charge is -2.35. The molecule has 13 nitrogen and oxygen atoms in total. The van der Waals surface area contributed by atoms with Gasteiger partial charge < -0.3 is 29.4 Å². The van der Waals surface area contributed by atoms with E-state index >= 15 is 0 Å². The van der Waals surface area contributed by atoms with Gasteiger partial charge in [0.05, 0.1) is 24.8 Å². The summed E-state index contributed by atoms with van der Waals surface area (Å²) >= 11 is 1.03. The van der Waals surface area contributed by atoms with Gasteiger partial charge in [-0.15, -0.1) is 0 Å². The van der Waals surface area contributed by atoms with Crippen LogP contribution in [0.15, 0.2) is 52.4 Å². The molecule has 2 aromatic carbocycles. The average Bonchev–Trinajstić information content (AvgIpc) is 3.29. The van der Waals surface area contributed by atoms with Crippen LogP contribution >= 0.6 is 11.8 Å². The molecule has 1 aliphatic rings. The van der Waals surface area contributed by atoms with Crippen molar-refractivity contribution in [2.75, 3.05) is 20.8 Å². The van der Waals surface area contributed by atoms with Gasteiger partial charge in [-0.3, -0.25) is 19.5 Å². The number of hydrogen-bond donors (Lipinski definition) is 3. The molecule has 0 spiro atoms. The molecule has 0 unspecified atom stereocenters. The predicted molar refractivity (Wildman–Crippen MR) is 171 cm³/mol. The third-order valence-electron chi connectivity index (χ3n) is 7.00. The summed E-state index contributed by atoms with van der Waals surface area (Å²) < 4.78 is 10.5. The molecule has 1 saturated heterocycles. The van der Waals surface area contributed by atoms with Crippen LogP contribution in [0.25, 0.3) is 6.08 Å². The van der Waals surface area contributed by atoms with Gasteiger partial charge in [-0.25, -0.2) is 15.6 Å². The number of phenolic OH excluding ortho intramolecular Hbond substituents is 1. The number of aliphatic imine (C=N–C) groups is 1. The summed E-state index contributed by atoms with van der Waals surface area (Å²) in [6, 6.07) is 9.69. The molecule has 242 valence electrons. The van der Waals surface area contributed by atoms with Gasteiger partial charge in [0.2, 0.25) is 5.75 Å². The monoisotopic (exact) mass is 641 g/mol. The normalized spacial score (nSPS) is 16.4. The van der Waals surface area contributed by atoms with Crippen LogP contribution < -0.4 is 15.3 Å². The van der Waals surface area contributed by atoms with Gasteiger partial charge in [-0.1, -0.05) is 18.2 Å². The number of phenols is 1. The molecule has 14 heteroatoms. The van der Waals surface area contributed by atoms with Crippen molar-refractivity contribution >= 4 is 52.9 Å². The Morgan fingerprint density at radius 1 is 1.13 bits per heavy atom. The van der Waals surface area contributed by atoms with Gasteiger partial charge in [-0.05, 0) is 88.2 Å². The Morgan fingerprint density at radius 3 is 2.24 bits per heavy atom. The van der Waals surface area contributed by atoms with E-state index in [2.05, 4.69) is 4.99 Å². The van der Waals surface area contributed by atoms with Crippen molar-refractivity contribution in [3.63, 3.8) is 0 Å². The third kappa shape index (κ3) is 8.34. The maximum atomic E-state index is 14.1. The molecule has 3 rings (SSSR count). The van der Waals surface area contributed by atoms with E-state index in [0.29, 0.717) is 17.5 Å². The maximum Gasteiger partial charge on any atom is 0.407 e. The first kappa shape index (κ1) is 34.9. The minimum atomic E-state index is -1.22. The number of aromatic hydroxyl groups is 1. The lowest BCUT2D eigenvalue weighted by atomic mass is 10.0. The van der Waals surface area contributed by atoms with E-state index in [9.17, 15) is 29.4 Å². The number of benzene rings is 2. The molecule has 0 bridgehead atoms. The Morgan fingerprint density at radius 2 is 1.73 bits per heavy atom. The minimum absolute atomic E-state index is 0.0201. The largest absolute Gasteiger partial charge is 0.502 e. The highest BCUT2D eigenvalue weighted by atomic mass is 32.2. The van der Waals surface area contributed by atoms with Gasteiger partial charge in [0.1, 0.15) is 18.4 Å². The summed E-state index contributed by atoms with van der Waals surface area (Å²) in [5.74, 6) is 4.85. The Labute approximate surface area is 266 Å². The highest BCUT2D eigenvalue weighted by Crippen LogP contribution is 2.41. The van der Waals surface area contributed by atoms with E-state index < -0.39 is 35.5 Å². The van der Waals surface area contributed by atoms with Crippen LogP contribution in [-0.4, -0.2) is 92.8 Å². The fraction of sp³-hybridized carbons (Fsp3) is 0.387. The number of amidine groups is 1. The molecular formula is C31H39N5O8S. The van der Waals surface area contributed by atoms with E-state index in [0.717, 1.165) is 16.8 Å². The number of para-hydroxylation sites is 1. The molecule has 0 aromatic heterocycles. The van der Waals surface area contributed by atoms with Crippen LogP contribution in [0.2, 0.25) is 0 Å². The topological polar surface area (TPSA) is 175 Å². The zero-order valence-corrected chi connectivity index (χ0v) is 26.9. The number of nitrogens with two attached hydrogens (primary N) is 1. The van der Waals surface area contributed by atoms with Crippen molar-refractivity contribution in [3.8, 4) is 17.2 Å².